The van der Waals surface area contributed by atoms with E-state index < -0.39 is 0 Å². The summed E-state index contributed by atoms with van der Waals surface area (Å²) >= 11 is 0. The van der Waals surface area contributed by atoms with Crippen molar-refractivity contribution in [2.75, 3.05) is 18.4 Å². The average Bonchev–Trinajstić information content (AvgIpc) is 2.63. The third-order valence-corrected chi connectivity index (χ3v) is 4.72. The van der Waals surface area contributed by atoms with Gasteiger partial charge in [0.1, 0.15) is 0 Å². The van der Waals surface area contributed by atoms with E-state index in [4.69, 9.17) is 0 Å². The van der Waals surface area contributed by atoms with Gasteiger partial charge in [0, 0.05) is 31.3 Å². The highest BCUT2D eigenvalue weighted by Crippen LogP contribution is 2.23. The first-order valence-corrected chi connectivity index (χ1v) is 8.82. The summed E-state index contributed by atoms with van der Waals surface area (Å²) in [5.74, 6) is 0.612. The molecule has 1 N–H and O–H groups in total. The lowest BCUT2D eigenvalue weighted by atomic mass is 9.90. The number of likely N-dealkylation sites (tertiary alicyclic amines) is 1. The Balaban J connectivity index is 1.53. The summed E-state index contributed by atoms with van der Waals surface area (Å²) in [7, 11) is 0. The van der Waals surface area contributed by atoms with Crippen LogP contribution in [0.1, 0.15) is 35.7 Å². The quantitative estimate of drug-likeness (QED) is 0.924. The number of nitrogens with zero attached hydrogens (tertiary/aromatic N) is 1. The van der Waals surface area contributed by atoms with Crippen LogP contribution in [0, 0.1) is 5.92 Å². The first-order chi connectivity index (χ1) is 12.1. The highest BCUT2D eigenvalue weighted by Gasteiger charge is 2.23. The number of rotatable bonds is 4. The summed E-state index contributed by atoms with van der Waals surface area (Å²) in [5, 5.41) is 2.72. The Morgan fingerprint density at radius 1 is 1.00 bits per heavy atom. The Bertz CT molecular complexity index is 717. The highest BCUT2D eigenvalue weighted by molar-refractivity contribution is 5.95. The minimum atomic E-state index is -0.112. The third kappa shape index (κ3) is 4.69. The Kier molecular flexibility index (Phi) is 5.49. The number of nitrogens with one attached hydrogen (secondary N) is 1. The van der Waals surface area contributed by atoms with Crippen molar-refractivity contribution >= 4 is 17.5 Å². The van der Waals surface area contributed by atoms with Gasteiger partial charge in [-0.1, -0.05) is 30.3 Å². The van der Waals surface area contributed by atoms with Crippen LogP contribution in [0.5, 0.6) is 0 Å². The lowest BCUT2D eigenvalue weighted by molar-refractivity contribution is -0.114. The number of carbonyl (C=O) groups is 2. The Hall–Kier alpha value is -2.62. The molecule has 0 aromatic heterocycles. The van der Waals surface area contributed by atoms with E-state index in [-0.39, 0.29) is 11.8 Å². The molecule has 0 radical (unpaired) electrons. The molecule has 0 saturated carbocycles. The van der Waals surface area contributed by atoms with Crippen molar-refractivity contribution in [3.05, 3.63) is 65.7 Å². The predicted octanol–water partition coefficient (Wildman–Crippen LogP) is 3.74. The number of piperidine rings is 1. The van der Waals surface area contributed by atoms with Crippen LogP contribution in [0.2, 0.25) is 0 Å². The topological polar surface area (TPSA) is 49.4 Å². The summed E-state index contributed by atoms with van der Waals surface area (Å²) in [6, 6.07) is 17.7. The van der Waals surface area contributed by atoms with Gasteiger partial charge in [-0.15, -0.1) is 0 Å². The Morgan fingerprint density at radius 2 is 1.64 bits per heavy atom. The molecule has 4 nitrogen and oxygen atoms in total. The standard InChI is InChI=1S/C21H24N2O2/c1-16(24)22-20-9-7-19(8-10-20)21(25)23-13-11-18(12-14-23)15-17-5-3-2-4-6-17/h2-10,18H,11-15H2,1H3,(H,22,24). The monoisotopic (exact) mass is 336 g/mol. The van der Waals surface area contributed by atoms with Gasteiger partial charge in [0.25, 0.3) is 5.91 Å². The van der Waals surface area contributed by atoms with E-state index in [0.717, 1.165) is 32.4 Å². The molecule has 0 spiro atoms. The third-order valence-electron chi connectivity index (χ3n) is 4.72. The van der Waals surface area contributed by atoms with Crippen LogP contribution in [-0.4, -0.2) is 29.8 Å². The van der Waals surface area contributed by atoms with Crippen molar-refractivity contribution in [2.45, 2.75) is 26.2 Å². The lowest BCUT2D eigenvalue weighted by Crippen LogP contribution is -2.38. The molecular weight excluding hydrogens is 312 g/mol. The maximum Gasteiger partial charge on any atom is 0.253 e. The van der Waals surface area contributed by atoms with Crippen molar-refractivity contribution in [3.8, 4) is 0 Å². The van der Waals surface area contributed by atoms with Gasteiger partial charge >= 0.3 is 0 Å². The number of benzene rings is 2. The van der Waals surface area contributed by atoms with Crippen LogP contribution in [0.15, 0.2) is 54.6 Å². The molecule has 0 unspecified atom stereocenters. The van der Waals surface area contributed by atoms with E-state index in [9.17, 15) is 9.59 Å². The minimum Gasteiger partial charge on any atom is -0.339 e. The second-order valence-electron chi connectivity index (χ2n) is 6.68. The zero-order valence-electron chi connectivity index (χ0n) is 14.6. The van der Waals surface area contributed by atoms with Crippen molar-refractivity contribution in [1.82, 2.24) is 4.90 Å². The van der Waals surface area contributed by atoms with Gasteiger partial charge in [-0.3, -0.25) is 9.59 Å². The molecule has 0 bridgehead atoms. The highest BCUT2D eigenvalue weighted by atomic mass is 16.2. The molecule has 0 atom stereocenters. The number of amides is 2. The molecule has 1 saturated heterocycles. The minimum absolute atomic E-state index is 0.0764. The normalized spacial score (nSPS) is 15.0. The van der Waals surface area contributed by atoms with Crippen LogP contribution >= 0.6 is 0 Å². The summed E-state index contributed by atoms with van der Waals surface area (Å²) in [5.41, 5.74) is 2.77. The summed E-state index contributed by atoms with van der Waals surface area (Å²) in [6.07, 6.45) is 3.18. The SMILES string of the molecule is CC(=O)Nc1ccc(C(=O)N2CCC(Cc3ccccc3)CC2)cc1. The van der Waals surface area contributed by atoms with Crippen molar-refractivity contribution in [3.63, 3.8) is 0 Å². The molecule has 130 valence electrons. The average molecular weight is 336 g/mol. The van der Waals surface area contributed by atoms with Crippen LogP contribution in [-0.2, 0) is 11.2 Å². The molecule has 25 heavy (non-hydrogen) atoms. The Labute approximate surface area is 148 Å². The fourth-order valence-electron chi connectivity index (χ4n) is 3.37. The summed E-state index contributed by atoms with van der Waals surface area (Å²) < 4.78 is 0. The van der Waals surface area contributed by atoms with E-state index in [1.165, 1.54) is 12.5 Å². The second kappa shape index (κ2) is 7.97. The lowest BCUT2D eigenvalue weighted by Gasteiger charge is -2.32. The first kappa shape index (κ1) is 17.2. The van der Waals surface area contributed by atoms with E-state index in [1.54, 1.807) is 24.3 Å². The maximum atomic E-state index is 12.6. The van der Waals surface area contributed by atoms with Crippen LogP contribution in [0.3, 0.4) is 0 Å². The van der Waals surface area contributed by atoms with E-state index >= 15 is 0 Å². The van der Waals surface area contributed by atoms with Crippen LogP contribution < -0.4 is 5.32 Å². The van der Waals surface area contributed by atoms with Gasteiger partial charge < -0.3 is 10.2 Å². The largest absolute Gasteiger partial charge is 0.339 e. The van der Waals surface area contributed by atoms with Crippen LogP contribution in [0.25, 0.3) is 0 Å². The number of hydrogen-bond acceptors (Lipinski definition) is 2. The fourth-order valence-corrected chi connectivity index (χ4v) is 3.37. The van der Waals surface area contributed by atoms with Gasteiger partial charge in [-0.25, -0.2) is 0 Å². The van der Waals surface area contributed by atoms with E-state index in [0.29, 0.717) is 17.2 Å². The molecule has 1 heterocycles. The van der Waals surface area contributed by atoms with Gasteiger partial charge in [0.05, 0.1) is 0 Å². The fraction of sp³-hybridized carbons (Fsp3) is 0.333. The molecule has 2 aromatic rings. The predicted molar refractivity (Wildman–Crippen MR) is 99.5 cm³/mol. The van der Waals surface area contributed by atoms with Gasteiger partial charge in [-0.05, 0) is 55.0 Å². The van der Waals surface area contributed by atoms with Gasteiger partial charge in [0.15, 0.2) is 0 Å². The van der Waals surface area contributed by atoms with E-state index in [1.807, 2.05) is 11.0 Å². The van der Waals surface area contributed by atoms with Crippen molar-refractivity contribution in [1.29, 1.82) is 0 Å². The maximum absolute atomic E-state index is 12.6. The molecule has 1 fully saturated rings. The molecule has 1 aliphatic rings. The number of carbonyl (C=O) groups excluding carboxylic acids is 2. The Morgan fingerprint density at radius 3 is 2.24 bits per heavy atom. The number of hydrogen-bond donors (Lipinski definition) is 1. The van der Waals surface area contributed by atoms with Crippen molar-refractivity contribution in [2.24, 2.45) is 5.92 Å². The summed E-state index contributed by atoms with van der Waals surface area (Å²) in [6.45, 7) is 3.09. The second-order valence-corrected chi connectivity index (χ2v) is 6.68. The summed E-state index contributed by atoms with van der Waals surface area (Å²) in [4.78, 5) is 25.6. The van der Waals surface area contributed by atoms with Gasteiger partial charge in [-0.2, -0.15) is 0 Å². The molecule has 2 aromatic carbocycles. The first-order valence-electron chi connectivity index (χ1n) is 8.82. The molecule has 3 rings (SSSR count). The number of anilines is 1. The van der Waals surface area contributed by atoms with Gasteiger partial charge in [0.2, 0.25) is 5.91 Å². The smallest absolute Gasteiger partial charge is 0.253 e. The van der Waals surface area contributed by atoms with Crippen molar-refractivity contribution < 1.29 is 9.59 Å². The molecule has 4 heteroatoms. The zero-order chi connectivity index (χ0) is 17.6. The molecule has 0 aliphatic carbocycles. The molecule has 1 aliphatic heterocycles. The van der Waals surface area contributed by atoms with E-state index in [2.05, 4.69) is 29.6 Å². The molecule has 2 amide bonds. The zero-order valence-corrected chi connectivity index (χ0v) is 14.6. The molecular formula is C21H24N2O2. The van der Waals surface area contributed by atoms with Crippen LogP contribution in [0.4, 0.5) is 5.69 Å².